The molecular formula is C21H25N3O5S. The smallest absolute Gasteiger partial charge is 0.310 e. The van der Waals surface area contributed by atoms with E-state index in [9.17, 15) is 18.0 Å². The predicted octanol–water partition coefficient (Wildman–Crippen LogP) is 1.56. The van der Waals surface area contributed by atoms with Crippen molar-refractivity contribution in [3.8, 4) is 0 Å². The molecule has 2 saturated carbocycles. The molecular weight excluding hydrogens is 406 g/mol. The number of nitrogens with zero attached hydrogens (tertiary/aromatic N) is 2. The molecule has 9 heteroatoms. The number of benzene rings is 1. The highest BCUT2D eigenvalue weighted by Gasteiger charge is 2.60. The van der Waals surface area contributed by atoms with Gasteiger partial charge in [-0.25, -0.2) is 8.42 Å². The average Bonchev–Trinajstić information content (AvgIpc) is 3.40. The summed E-state index contributed by atoms with van der Waals surface area (Å²) in [5, 5.41) is 0.659. The zero-order valence-electron chi connectivity index (χ0n) is 16.6. The van der Waals surface area contributed by atoms with Gasteiger partial charge in [0.2, 0.25) is 10.0 Å². The maximum atomic E-state index is 13.5. The number of ether oxygens (including phenoxy) is 1. The van der Waals surface area contributed by atoms with Crippen molar-refractivity contribution in [2.45, 2.75) is 61.7 Å². The predicted molar refractivity (Wildman–Crippen MR) is 110 cm³/mol. The van der Waals surface area contributed by atoms with Gasteiger partial charge in [0.1, 0.15) is 0 Å². The van der Waals surface area contributed by atoms with Crippen molar-refractivity contribution < 1.29 is 17.9 Å². The Hall–Kier alpha value is -2.23. The Morgan fingerprint density at radius 1 is 1.17 bits per heavy atom. The Kier molecular flexibility index (Phi) is 4.53. The SMILES string of the molecule is N[C@H]1CCN(S(=O)(=O)c2cccc3c(=O)n(COC(=O)C4CCC4)ccc23)C12CC2. The Morgan fingerprint density at radius 2 is 1.93 bits per heavy atom. The summed E-state index contributed by atoms with van der Waals surface area (Å²) >= 11 is 0. The number of carbonyl (C=O) groups excluding carboxylic acids is 1. The van der Waals surface area contributed by atoms with Gasteiger partial charge in [0.25, 0.3) is 5.56 Å². The van der Waals surface area contributed by atoms with Crippen LogP contribution in [-0.2, 0) is 26.3 Å². The Bertz CT molecular complexity index is 1180. The van der Waals surface area contributed by atoms with Gasteiger partial charge in [-0.3, -0.25) is 14.2 Å². The number of esters is 1. The normalized spacial score (nSPS) is 23.6. The molecule has 1 aromatic carbocycles. The van der Waals surface area contributed by atoms with Gasteiger partial charge in [-0.15, -0.1) is 0 Å². The van der Waals surface area contributed by atoms with Crippen molar-refractivity contribution in [3.05, 3.63) is 40.8 Å². The van der Waals surface area contributed by atoms with Crippen molar-refractivity contribution in [2.75, 3.05) is 6.54 Å². The minimum absolute atomic E-state index is 0.0699. The lowest BCUT2D eigenvalue weighted by Gasteiger charge is -2.26. The third kappa shape index (κ3) is 2.91. The number of aromatic nitrogens is 1. The van der Waals surface area contributed by atoms with E-state index in [4.69, 9.17) is 10.5 Å². The lowest BCUT2D eigenvalue weighted by Crippen LogP contribution is -2.44. The zero-order valence-corrected chi connectivity index (χ0v) is 17.4. The van der Waals surface area contributed by atoms with E-state index in [1.807, 2.05) is 0 Å². The van der Waals surface area contributed by atoms with Crippen LogP contribution in [0.25, 0.3) is 10.8 Å². The molecule has 1 aliphatic heterocycles. The molecule has 2 aliphatic carbocycles. The molecule has 0 bridgehead atoms. The third-order valence-corrected chi connectivity index (χ3v) is 8.96. The van der Waals surface area contributed by atoms with Crippen LogP contribution in [0.1, 0.15) is 38.5 Å². The molecule has 1 spiro atoms. The second-order valence-electron chi connectivity index (χ2n) is 8.60. The Balaban J connectivity index is 1.48. The quantitative estimate of drug-likeness (QED) is 0.719. The summed E-state index contributed by atoms with van der Waals surface area (Å²) < 4.78 is 35.0. The first-order valence-electron chi connectivity index (χ1n) is 10.4. The second-order valence-corrected chi connectivity index (χ2v) is 10.4. The number of hydrogen-bond acceptors (Lipinski definition) is 6. The van der Waals surface area contributed by atoms with Gasteiger partial charge in [-0.05, 0) is 50.3 Å². The van der Waals surface area contributed by atoms with Crippen LogP contribution in [0.3, 0.4) is 0 Å². The van der Waals surface area contributed by atoms with Gasteiger partial charge in [-0.2, -0.15) is 4.31 Å². The van der Waals surface area contributed by atoms with Crippen molar-refractivity contribution in [2.24, 2.45) is 11.7 Å². The van der Waals surface area contributed by atoms with E-state index in [1.54, 1.807) is 18.2 Å². The maximum Gasteiger partial charge on any atom is 0.310 e. The molecule has 1 saturated heterocycles. The lowest BCUT2D eigenvalue weighted by molar-refractivity contribution is -0.155. The summed E-state index contributed by atoms with van der Waals surface area (Å²) in [4.78, 5) is 25.0. The van der Waals surface area contributed by atoms with Crippen molar-refractivity contribution in [3.63, 3.8) is 0 Å². The number of rotatable bonds is 5. The molecule has 2 N–H and O–H groups in total. The molecule has 160 valence electrons. The number of pyridine rings is 1. The van der Waals surface area contributed by atoms with Gasteiger partial charge in [-0.1, -0.05) is 12.5 Å². The number of nitrogens with two attached hydrogens (primary N) is 1. The van der Waals surface area contributed by atoms with Gasteiger partial charge in [0.05, 0.1) is 16.4 Å². The van der Waals surface area contributed by atoms with Crippen LogP contribution in [0, 0.1) is 5.92 Å². The average molecular weight is 432 g/mol. The Labute approximate surface area is 174 Å². The van der Waals surface area contributed by atoms with Gasteiger partial charge >= 0.3 is 5.97 Å². The number of hydrogen-bond donors (Lipinski definition) is 1. The molecule has 5 rings (SSSR count). The molecule has 0 radical (unpaired) electrons. The highest BCUT2D eigenvalue weighted by atomic mass is 32.2. The summed E-state index contributed by atoms with van der Waals surface area (Å²) in [6, 6.07) is 6.18. The molecule has 1 atom stereocenters. The molecule has 0 unspecified atom stereocenters. The van der Waals surface area contributed by atoms with Gasteiger partial charge in [0, 0.05) is 29.6 Å². The van der Waals surface area contributed by atoms with Crippen LogP contribution in [0.5, 0.6) is 0 Å². The van der Waals surface area contributed by atoms with E-state index < -0.39 is 15.6 Å². The molecule has 3 aliphatic rings. The molecule has 1 aromatic heterocycles. The van der Waals surface area contributed by atoms with E-state index in [0.717, 1.165) is 32.1 Å². The van der Waals surface area contributed by atoms with E-state index in [2.05, 4.69) is 0 Å². The first-order chi connectivity index (χ1) is 14.3. The minimum Gasteiger partial charge on any atom is -0.444 e. The topological polar surface area (TPSA) is 112 Å². The molecule has 30 heavy (non-hydrogen) atoms. The highest BCUT2D eigenvalue weighted by molar-refractivity contribution is 7.89. The standard InChI is InChI=1S/C21H25N3O5S/c22-18-8-12-24(21(18)9-10-21)30(27,28)17-6-2-5-16-15(17)7-11-23(19(16)25)13-29-20(26)14-3-1-4-14/h2,5-7,11,14,18H,1,3-4,8-10,12-13,22H2/t18-/m0/s1. The van der Waals surface area contributed by atoms with Crippen LogP contribution in [0.15, 0.2) is 40.2 Å². The van der Waals surface area contributed by atoms with Crippen molar-refractivity contribution in [1.82, 2.24) is 8.87 Å². The van der Waals surface area contributed by atoms with Crippen LogP contribution in [0.2, 0.25) is 0 Å². The maximum absolute atomic E-state index is 13.5. The lowest BCUT2D eigenvalue weighted by atomic mass is 9.86. The minimum atomic E-state index is -3.79. The highest BCUT2D eigenvalue weighted by Crippen LogP contribution is 2.51. The van der Waals surface area contributed by atoms with E-state index in [-0.39, 0.29) is 40.5 Å². The first kappa shape index (κ1) is 19.7. The molecule has 3 fully saturated rings. The third-order valence-electron chi connectivity index (χ3n) is 6.92. The summed E-state index contributed by atoms with van der Waals surface area (Å²) in [5.74, 6) is -0.357. The van der Waals surface area contributed by atoms with Crippen molar-refractivity contribution in [1.29, 1.82) is 0 Å². The van der Waals surface area contributed by atoms with Crippen LogP contribution < -0.4 is 11.3 Å². The van der Waals surface area contributed by atoms with E-state index in [1.165, 1.54) is 21.1 Å². The van der Waals surface area contributed by atoms with Gasteiger partial charge in [0.15, 0.2) is 6.73 Å². The van der Waals surface area contributed by atoms with Crippen LogP contribution >= 0.6 is 0 Å². The summed E-state index contributed by atoms with van der Waals surface area (Å²) in [7, 11) is -3.79. The summed E-state index contributed by atoms with van der Waals surface area (Å²) in [5.41, 5.74) is 5.34. The fraction of sp³-hybridized carbons (Fsp3) is 0.524. The summed E-state index contributed by atoms with van der Waals surface area (Å²) in [6.07, 6.45) is 6.36. The number of fused-ring (bicyclic) bond motifs is 1. The zero-order chi connectivity index (χ0) is 21.1. The second kappa shape index (κ2) is 6.90. The van der Waals surface area contributed by atoms with Crippen LogP contribution in [-0.4, -0.2) is 41.4 Å². The van der Waals surface area contributed by atoms with Gasteiger partial charge < -0.3 is 10.5 Å². The van der Waals surface area contributed by atoms with E-state index >= 15 is 0 Å². The summed E-state index contributed by atoms with van der Waals surface area (Å²) in [6.45, 7) is 0.221. The van der Waals surface area contributed by atoms with Crippen molar-refractivity contribution >= 4 is 26.8 Å². The monoisotopic (exact) mass is 431 g/mol. The fourth-order valence-corrected chi connectivity index (χ4v) is 6.76. The van der Waals surface area contributed by atoms with Crippen LogP contribution in [0.4, 0.5) is 0 Å². The number of sulfonamides is 1. The fourth-order valence-electron chi connectivity index (χ4n) is 4.67. The molecule has 8 nitrogen and oxygen atoms in total. The molecule has 2 aromatic rings. The molecule has 2 heterocycles. The van der Waals surface area contributed by atoms with E-state index in [0.29, 0.717) is 18.4 Å². The first-order valence-corrected chi connectivity index (χ1v) is 11.9. The largest absolute Gasteiger partial charge is 0.444 e. The number of carbonyl (C=O) groups is 1. The molecule has 0 amide bonds. The Morgan fingerprint density at radius 3 is 2.60 bits per heavy atom.